The summed E-state index contributed by atoms with van der Waals surface area (Å²) in [7, 11) is 1.60. The van der Waals surface area contributed by atoms with Crippen LogP contribution in [0.15, 0.2) is 37.1 Å². The summed E-state index contributed by atoms with van der Waals surface area (Å²) in [5.41, 5.74) is 6.66. The second-order valence-electron chi connectivity index (χ2n) is 4.20. The summed E-state index contributed by atoms with van der Waals surface area (Å²) < 4.78 is 5.02. The van der Waals surface area contributed by atoms with Crippen LogP contribution in [0.2, 0.25) is 0 Å². The SMILES string of the molecule is C=CCC(N)C(=O)N(CCOC)Cc1ccccn1. The third kappa shape index (κ3) is 5.19. The van der Waals surface area contributed by atoms with Crippen LogP contribution in [0, 0.1) is 0 Å². The van der Waals surface area contributed by atoms with Gasteiger partial charge in [-0.3, -0.25) is 9.78 Å². The molecule has 0 aliphatic heterocycles. The molecule has 1 unspecified atom stereocenters. The molecule has 5 heteroatoms. The van der Waals surface area contributed by atoms with Crippen molar-refractivity contribution in [2.24, 2.45) is 5.73 Å². The molecular formula is C14H21N3O2. The van der Waals surface area contributed by atoms with Gasteiger partial charge in [-0.25, -0.2) is 0 Å². The monoisotopic (exact) mass is 263 g/mol. The first-order chi connectivity index (χ1) is 9.19. The fourth-order valence-corrected chi connectivity index (χ4v) is 1.67. The van der Waals surface area contributed by atoms with Gasteiger partial charge >= 0.3 is 0 Å². The van der Waals surface area contributed by atoms with Gasteiger partial charge in [-0.1, -0.05) is 12.1 Å². The van der Waals surface area contributed by atoms with Crippen LogP contribution in [-0.2, 0) is 16.1 Å². The van der Waals surface area contributed by atoms with Crippen molar-refractivity contribution in [1.29, 1.82) is 0 Å². The molecule has 0 saturated heterocycles. The highest BCUT2D eigenvalue weighted by Gasteiger charge is 2.20. The highest BCUT2D eigenvalue weighted by Crippen LogP contribution is 2.05. The molecule has 1 rings (SSSR count). The summed E-state index contributed by atoms with van der Waals surface area (Å²) in [4.78, 5) is 18.1. The summed E-state index contributed by atoms with van der Waals surface area (Å²) >= 11 is 0. The van der Waals surface area contributed by atoms with E-state index in [0.29, 0.717) is 26.1 Å². The zero-order valence-electron chi connectivity index (χ0n) is 11.3. The molecule has 1 aromatic rings. The molecule has 0 bridgehead atoms. The molecule has 0 saturated carbocycles. The van der Waals surface area contributed by atoms with Gasteiger partial charge in [0.05, 0.1) is 24.9 Å². The molecule has 0 aromatic carbocycles. The van der Waals surface area contributed by atoms with Crippen molar-refractivity contribution in [3.05, 3.63) is 42.7 Å². The first kappa shape index (κ1) is 15.3. The summed E-state index contributed by atoms with van der Waals surface area (Å²) in [5, 5.41) is 0. The van der Waals surface area contributed by atoms with Gasteiger partial charge in [-0.15, -0.1) is 6.58 Å². The molecule has 1 amide bonds. The van der Waals surface area contributed by atoms with Gasteiger partial charge in [0, 0.05) is 19.9 Å². The molecule has 1 atom stereocenters. The lowest BCUT2D eigenvalue weighted by Crippen LogP contribution is -2.44. The van der Waals surface area contributed by atoms with E-state index in [4.69, 9.17) is 10.5 Å². The first-order valence-electron chi connectivity index (χ1n) is 6.23. The lowest BCUT2D eigenvalue weighted by atomic mass is 10.2. The fourth-order valence-electron chi connectivity index (χ4n) is 1.67. The number of aromatic nitrogens is 1. The van der Waals surface area contributed by atoms with E-state index in [1.165, 1.54) is 0 Å². The Morgan fingerprint density at radius 2 is 2.42 bits per heavy atom. The highest BCUT2D eigenvalue weighted by molar-refractivity contribution is 5.81. The maximum Gasteiger partial charge on any atom is 0.240 e. The van der Waals surface area contributed by atoms with Gasteiger partial charge in [0.25, 0.3) is 0 Å². The Kier molecular flexibility index (Phi) is 6.78. The molecule has 1 aromatic heterocycles. The minimum absolute atomic E-state index is 0.109. The summed E-state index contributed by atoms with van der Waals surface area (Å²) in [6.07, 6.45) is 3.82. The second kappa shape index (κ2) is 8.39. The largest absolute Gasteiger partial charge is 0.383 e. The van der Waals surface area contributed by atoms with Crippen LogP contribution >= 0.6 is 0 Å². The van der Waals surface area contributed by atoms with E-state index in [9.17, 15) is 4.79 Å². The van der Waals surface area contributed by atoms with Gasteiger partial charge < -0.3 is 15.4 Å². The molecular weight excluding hydrogens is 242 g/mol. The normalized spacial score (nSPS) is 11.9. The average molecular weight is 263 g/mol. The summed E-state index contributed by atoms with van der Waals surface area (Å²) in [5.74, 6) is -0.109. The molecule has 5 nitrogen and oxygen atoms in total. The summed E-state index contributed by atoms with van der Waals surface area (Å²) in [6, 6.07) is 5.06. The van der Waals surface area contributed by atoms with Crippen molar-refractivity contribution in [3.8, 4) is 0 Å². The number of carbonyl (C=O) groups excluding carboxylic acids is 1. The van der Waals surface area contributed by atoms with Crippen LogP contribution in [0.1, 0.15) is 12.1 Å². The van der Waals surface area contributed by atoms with Gasteiger partial charge in [-0.05, 0) is 18.6 Å². The molecule has 2 N–H and O–H groups in total. The second-order valence-corrected chi connectivity index (χ2v) is 4.20. The fraction of sp³-hybridized carbons (Fsp3) is 0.429. The number of pyridine rings is 1. The third-order valence-electron chi connectivity index (χ3n) is 2.69. The van der Waals surface area contributed by atoms with Gasteiger partial charge in [0.2, 0.25) is 5.91 Å². The lowest BCUT2D eigenvalue weighted by Gasteiger charge is -2.24. The predicted molar refractivity (Wildman–Crippen MR) is 74.3 cm³/mol. The Bertz CT molecular complexity index is 395. The number of rotatable bonds is 8. The Hall–Kier alpha value is -1.72. The summed E-state index contributed by atoms with van der Waals surface area (Å²) in [6.45, 7) is 5.01. The molecule has 0 aliphatic rings. The topological polar surface area (TPSA) is 68.5 Å². The van der Waals surface area contributed by atoms with Crippen molar-refractivity contribution in [1.82, 2.24) is 9.88 Å². The maximum absolute atomic E-state index is 12.2. The number of nitrogens with zero attached hydrogens (tertiary/aromatic N) is 2. The number of amides is 1. The van der Waals surface area contributed by atoms with Gasteiger partial charge in [0.1, 0.15) is 0 Å². The number of hydrogen-bond acceptors (Lipinski definition) is 4. The van der Waals surface area contributed by atoms with Crippen molar-refractivity contribution >= 4 is 5.91 Å². The van der Waals surface area contributed by atoms with E-state index in [1.54, 1.807) is 24.3 Å². The highest BCUT2D eigenvalue weighted by atomic mass is 16.5. The van der Waals surface area contributed by atoms with Crippen LogP contribution in [0.4, 0.5) is 0 Å². The molecule has 0 radical (unpaired) electrons. The van der Waals surface area contributed by atoms with Crippen LogP contribution in [0.5, 0.6) is 0 Å². The van der Waals surface area contributed by atoms with E-state index in [-0.39, 0.29) is 5.91 Å². The quantitative estimate of drug-likeness (QED) is 0.709. The Labute approximate surface area is 114 Å². The van der Waals surface area contributed by atoms with Crippen LogP contribution < -0.4 is 5.73 Å². The average Bonchev–Trinajstić information content (AvgIpc) is 2.44. The van der Waals surface area contributed by atoms with Crippen LogP contribution in [-0.4, -0.2) is 42.1 Å². The number of hydrogen-bond donors (Lipinski definition) is 1. The maximum atomic E-state index is 12.2. The molecule has 0 spiro atoms. The lowest BCUT2D eigenvalue weighted by molar-refractivity contribution is -0.133. The number of ether oxygens (including phenoxy) is 1. The van der Waals surface area contributed by atoms with E-state index in [2.05, 4.69) is 11.6 Å². The van der Waals surface area contributed by atoms with Gasteiger partial charge in [0.15, 0.2) is 0 Å². The van der Waals surface area contributed by atoms with E-state index in [0.717, 1.165) is 5.69 Å². The standard InChI is InChI=1S/C14H21N3O2/c1-3-6-13(15)14(18)17(9-10-19-2)11-12-7-4-5-8-16-12/h3-5,7-8,13H,1,6,9-11,15H2,2H3. The number of methoxy groups -OCH3 is 1. The number of carbonyl (C=O) groups is 1. The van der Waals surface area contributed by atoms with Gasteiger partial charge in [-0.2, -0.15) is 0 Å². The molecule has 1 heterocycles. The predicted octanol–water partition coefficient (Wildman–Crippen LogP) is 0.960. The molecule has 0 fully saturated rings. The van der Waals surface area contributed by atoms with Crippen molar-refractivity contribution < 1.29 is 9.53 Å². The van der Waals surface area contributed by atoms with E-state index >= 15 is 0 Å². The Morgan fingerprint density at radius 1 is 1.63 bits per heavy atom. The third-order valence-corrected chi connectivity index (χ3v) is 2.69. The van der Waals surface area contributed by atoms with Crippen LogP contribution in [0.3, 0.4) is 0 Å². The number of nitrogens with two attached hydrogens (primary N) is 1. The van der Waals surface area contributed by atoms with E-state index in [1.807, 2.05) is 18.2 Å². The van der Waals surface area contributed by atoms with Crippen molar-refractivity contribution in [3.63, 3.8) is 0 Å². The van der Waals surface area contributed by atoms with Crippen molar-refractivity contribution in [2.75, 3.05) is 20.3 Å². The minimum atomic E-state index is -0.557. The van der Waals surface area contributed by atoms with E-state index < -0.39 is 6.04 Å². The molecule has 104 valence electrons. The zero-order chi connectivity index (χ0) is 14.1. The first-order valence-corrected chi connectivity index (χ1v) is 6.23. The Morgan fingerprint density at radius 3 is 3.00 bits per heavy atom. The van der Waals surface area contributed by atoms with Crippen LogP contribution in [0.25, 0.3) is 0 Å². The molecule has 19 heavy (non-hydrogen) atoms. The smallest absolute Gasteiger partial charge is 0.240 e. The Balaban J connectivity index is 2.70. The molecule has 0 aliphatic carbocycles. The zero-order valence-corrected chi connectivity index (χ0v) is 11.3. The minimum Gasteiger partial charge on any atom is -0.383 e. The van der Waals surface area contributed by atoms with Crippen molar-refractivity contribution in [2.45, 2.75) is 19.0 Å².